The zero-order chi connectivity index (χ0) is 17.9. The second-order valence-electron chi connectivity index (χ2n) is 5.42. The van der Waals surface area contributed by atoms with Crippen LogP contribution < -0.4 is 10.6 Å². The Morgan fingerprint density at radius 1 is 1.00 bits per heavy atom. The van der Waals surface area contributed by atoms with Gasteiger partial charge in [0.1, 0.15) is 0 Å². The van der Waals surface area contributed by atoms with Crippen LogP contribution in [0.25, 0.3) is 0 Å². The molecule has 2 amide bonds. The number of hydrogen-bond acceptors (Lipinski definition) is 4. The predicted octanol–water partition coefficient (Wildman–Crippen LogP) is 3.42. The van der Waals surface area contributed by atoms with E-state index in [9.17, 15) is 19.7 Å². The van der Waals surface area contributed by atoms with Crippen LogP contribution in [0.15, 0.2) is 36.4 Å². The van der Waals surface area contributed by atoms with Gasteiger partial charge in [-0.1, -0.05) is 12.1 Å². The molecule has 0 saturated carbocycles. The van der Waals surface area contributed by atoms with Gasteiger partial charge in [-0.2, -0.15) is 0 Å². The molecule has 0 radical (unpaired) electrons. The monoisotopic (exact) mass is 327 g/mol. The number of carbonyl (C=O) groups excluding carboxylic acids is 2. The number of anilines is 2. The van der Waals surface area contributed by atoms with Gasteiger partial charge in [-0.25, -0.2) is 0 Å². The van der Waals surface area contributed by atoms with Crippen molar-refractivity contribution in [3.63, 3.8) is 0 Å². The van der Waals surface area contributed by atoms with Gasteiger partial charge < -0.3 is 10.6 Å². The molecular formula is C17H17N3O4. The lowest BCUT2D eigenvalue weighted by atomic mass is 10.1. The Morgan fingerprint density at radius 2 is 1.67 bits per heavy atom. The van der Waals surface area contributed by atoms with Crippen molar-refractivity contribution in [2.24, 2.45) is 0 Å². The lowest BCUT2D eigenvalue weighted by Gasteiger charge is -2.11. The number of amides is 2. The summed E-state index contributed by atoms with van der Waals surface area (Å²) in [5.74, 6) is -0.675. The fraction of sp³-hybridized carbons (Fsp3) is 0.176. The summed E-state index contributed by atoms with van der Waals surface area (Å²) < 4.78 is 0. The highest BCUT2D eigenvalue weighted by Crippen LogP contribution is 2.23. The van der Waals surface area contributed by atoms with Gasteiger partial charge in [0, 0.05) is 35.5 Å². The Kier molecular flexibility index (Phi) is 4.93. The van der Waals surface area contributed by atoms with E-state index >= 15 is 0 Å². The molecule has 7 nitrogen and oxygen atoms in total. The Hall–Kier alpha value is -3.22. The highest BCUT2D eigenvalue weighted by atomic mass is 16.6. The first kappa shape index (κ1) is 17.1. The van der Waals surface area contributed by atoms with E-state index in [0.717, 1.165) is 5.56 Å². The first-order chi connectivity index (χ1) is 11.3. The van der Waals surface area contributed by atoms with Crippen molar-refractivity contribution in [2.45, 2.75) is 20.8 Å². The molecule has 2 aromatic carbocycles. The summed E-state index contributed by atoms with van der Waals surface area (Å²) in [5.41, 5.74) is 2.45. The highest BCUT2D eigenvalue weighted by molar-refractivity contribution is 6.05. The van der Waals surface area contributed by atoms with Gasteiger partial charge in [-0.3, -0.25) is 19.7 Å². The third kappa shape index (κ3) is 3.95. The van der Waals surface area contributed by atoms with E-state index in [1.165, 1.54) is 25.1 Å². The van der Waals surface area contributed by atoms with Crippen LogP contribution >= 0.6 is 0 Å². The SMILES string of the molecule is CC(=O)Nc1ccc(C)c(NC(=O)c2ccc(C)c([N+](=O)[O-])c2)c1. The molecule has 0 saturated heterocycles. The van der Waals surface area contributed by atoms with Crippen molar-refractivity contribution < 1.29 is 14.5 Å². The van der Waals surface area contributed by atoms with Gasteiger partial charge in [0.2, 0.25) is 5.91 Å². The van der Waals surface area contributed by atoms with Crippen LogP contribution in [0.5, 0.6) is 0 Å². The fourth-order valence-corrected chi connectivity index (χ4v) is 2.18. The van der Waals surface area contributed by atoms with Gasteiger partial charge >= 0.3 is 0 Å². The fourth-order valence-electron chi connectivity index (χ4n) is 2.18. The first-order valence-corrected chi connectivity index (χ1v) is 7.22. The number of aryl methyl sites for hydroxylation is 2. The van der Waals surface area contributed by atoms with Crippen LogP contribution in [0, 0.1) is 24.0 Å². The molecule has 0 heterocycles. The molecule has 0 atom stereocenters. The number of nitro groups is 1. The summed E-state index contributed by atoms with van der Waals surface area (Å²) in [4.78, 5) is 34.0. The number of nitro benzene ring substituents is 1. The molecule has 0 aliphatic heterocycles. The van der Waals surface area contributed by atoms with E-state index in [1.807, 2.05) is 6.92 Å². The standard InChI is InChI=1S/C17H17N3O4/c1-10-5-7-14(18-12(3)21)9-15(10)19-17(22)13-6-4-11(2)16(8-13)20(23)24/h4-9H,1-3H3,(H,18,21)(H,19,22). The third-order valence-electron chi connectivity index (χ3n) is 3.47. The van der Waals surface area contributed by atoms with E-state index in [2.05, 4.69) is 10.6 Å². The zero-order valence-electron chi connectivity index (χ0n) is 13.5. The average Bonchev–Trinajstić information content (AvgIpc) is 2.50. The molecule has 0 bridgehead atoms. The quantitative estimate of drug-likeness (QED) is 0.663. The number of nitrogens with zero attached hydrogens (tertiary/aromatic N) is 1. The van der Waals surface area contributed by atoms with Gasteiger partial charge in [0.25, 0.3) is 11.6 Å². The van der Waals surface area contributed by atoms with Gasteiger partial charge in [-0.05, 0) is 37.6 Å². The number of carbonyl (C=O) groups is 2. The van der Waals surface area contributed by atoms with Crippen molar-refractivity contribution in [2.75, 3.05) is 10.6 Å². The van der Waals surface area contributed by atoms with Crippen LogP contribution in [0.1, 0.15) is 28.4 Å². The summed E-state index contributed by atoms with van der Waals surface area (Å²) in [6, 6.07) is 9.44. The molecular weight excluding hydrogens is 310 g/mol. The molecule has 124 valence electrons. The number of rotatable bonds is 4. The minimum atomic E-state index is -0.519. The predicted molar refractivity (Wildman–Crippen MR) is 91.3 cm³/mol. The molecule has 0 aliphatic rings. The number of benzene rings is 2. The van der Waals surface area contributed by atoms with Gasteiger partial charge in [0.05, 0.1) is 4.92 Å². The summed E-state index contributed by atoms with van der Waals surface area (Å²) >= 11 is 0. The molecule has 2 rings (SSSR count). The molecule has 7 heteroatoms. The Bertz CT molecular complexity index is 831. The lowest BCUT2D eigenvalue weighted by molar-refractivity contribution is -0.385. The number of nitrogens with one attached hydrogen (secondary N) is 2. The molecule has 0 aliphatic carbocycles. The van der Waals surface area contributed by atoms with Crippen molar-refractivity contribution in [1.82, 2.24) is 0 Å². The minimum absolute atomic E-state index is 0.105. The minimum Gasteiger partial charge on any atom is -0.326 e. The second kappa shape index (κ2) is 6.91. The Balaban J connectivity index is 2.28. The third-order valence-corrected chi connectivity index (χ3v) is 3.47. The summed E-state index contributed by atoms with van der Waals surface area (Å²) in [7, 11) is 0. The average molecular weight is 327 g/mol. The summed E-state index contributed by atoms with van der Waals surface area (Å²) in [6.07, 6.45) is 0. The normalized spacial score (nSPS) is 10.1. The van der Waals surface area contributed by atoms with Gasteiger partial charge in [-0.15, -0.1) is 0 Å². The van der Waals surface area contributed by atoms with Crippen LogP contribution in [-0.2, 0) is 4.79 Å². The highest BCUT2D eigenvalue weighted by Gasteiger charge is 2.15. The van der Waals surface area contributed by atoms with Crippen LogP contribution in [0.4, 0.5) is 17.1 Å². The molecule has 0 aromatic heterocycles. The Morgan fingerprint density at radius 3 is 2.29 bits per heavy atom. The van der Waals surface area contributed by atoms with E-state index < -0.39 is 10.8 Å². The lowest BCUT2D eigenvalue weighted by Crippen LogP contribution is -2.14. The molecule has 0 unspecified atom stereocenters. The topological polar surface area (TPSA) is 101 Å². The van der Waals surface area contributed by atoms with Crippen LogP contribution in [0.3, 0.4) is 0 Å². The molecule has 2 aromatic rings. The second-order valence-corrected chi connectivity index (χ2v) is 5.42. The van der Waals surface area contributed by atoms with E-state index in [-0.39, 0.29) is 17.2 Å². The molecule has 24 heavy (non-hydrogen) atoms. The zero-order valence-corrected chi connectivity index (χ0v) is 13.5. The van der Waals surface area contributed by atoms with E-state index in [0.29, 0.717) is 16.9 Å². The van der Waals surface area contributed by atoms with Crippen LogP contribution in [-0.4, -0.2) is 16.7 Å². The van der Waals surface area contributed by atoms with Crippen molar-refractivity contribution in [1.29, 1.82) is 0 Å². The van der Waals surface area contributed by atoms with Crippen molar-refractivity contribution >= 4 is 28.9 Å². The van der Waals surface area contributed by atoms with E-state index in [4.69, 9.17) is 0 Å². The van der Waals surface area contributed by atoms with Crippen molar-refractivity contribution in [3.05, 3.63) is 63.2 Å². The Labute approximate surface area is 138 Å². The molecule has 2 N–H and O–H groups in total. The van der Waals surface area contributed by atoms with Crippen LogP contribution in [0.2, 0.25) is 0 Å². The summed E-state index contributed by atoms with van der Waals surface area (Å²) in [6.45, 7) is 4.81. The smallest absolute Gasteiger partial charge is 0.273 e. The number of hydrogen-bond donors (Lipinski definition) is 2. The summed E-state index contributed by atoms with van der Waals surface area (Å²) in [5, 5.41) is 16.3. The molecule has 0 fully saturated rings. The maximum absolute atomic E-state index is 12.4. The van der Waals surface area contributed by atoms with Crippen molar-refractivity contribution in [3.8, 4) is 0 Å². The first-order valence-electron chi connectivity index (χ1n) is 7.22. The molecule has 0 spiro atoms. The maximum Gasteiger partial charge on any atom is 0.273 e. The van der Waals surface area contributed by atoms with E-state index in [1.54, 1.807) is 25.1 Å². The maximum atomic E-state index is 12.4. The largest absolute Gasteiger partial charge is 0.326 e. The van der Waals surface area contributed by atoms with Gasteiger partial charge in [0.15, 0.2) is 0 Å².